The van der Waals surface area contributed by atoms with Gasteiger partial charge in [-0.05, 0) is 40.9 Å². The van der Waals surface area contributed by atoms with E-state index in [-0.39, 0.29) is 16.9 Å². The van der Waals surface area contributed by atoms with Gasteiger partial charge < -0.3 is 5.73 Å². The molecule has 0 saturated heterocycles. The van der Waals surface area contributed by atoms with Crippen LogP contribution in [-0.4, -0.2) is 11.0 Å². The summed E-state index contributed by atoms with van der Waals surface area (Å²) in [4.78, 5) is 24.7. The Morgan fingerprint density at radius 2 is 1.42 bits per heavy atom. The van der Waals surface area contributed by atoms with Crippen LogP contribution in [0.3, 0.4) is 0 Å². The Morgan fingerprint density at radius 3 is 2.12 bits per heavy atom. The second-order valence-electron chi connectivity index (χ2n) is 5.32. The van der Waals surface area contributed by atoms with Gasteiger partial charge in [-0.2, -0.15) is 0 Å². The molecule has 0 atom stereocenters. The molecule has 3 aromatic carbocycles. The Kier molecular flexibility index (Phi) is 4.45. The summed E-state index contributed by atoms with van der Waals surface area (Å²) in [7, 11) is 0. The largest absolute Gasteiger partial charge is 0.399 e. The Labute approximate surface area is 144 Å². The fourth-order valence-corrected chi connectivity index (χ4v) is 2.78. The Balaban J connectivity index is 2.16. The van der Waals surface area contributed by atoms with Gasteiger partial charge in [0.1, 0.15) is 0 Å². The van der Waals surface area contributed by atoms with E-state index >= 15 is 0 Å². The maximum atomic E-state index is 13.1. The lowest BCUT2D eigenvalue weighted by Crippen LogP contribution is -2.09. The summed E-state index contributed by atoms with van der Waals surface area (Å²) >= 11 is 5.62. The van der Waals surface area contributed by atoms with Crippen molar-refractivity contribution in [3.63, 3.8) is 0 Å². The first kappa shape index (κ1) is 16.0. The fourth-order valence-electron chi connectivity index (χ4n) is 2.62. The third kappa shape index (κ3) is 3.07. The number of nitrogens with two attached hydrogens (primary N) is 1. The van der Waals surface area contributed by atoms with E-state index in [0.29, 0.717) is 11.3 Å². The molecule has 0 aromatic heterocycles. The van der Waals surface area contributed by atoms with Crippen molar-refractivity contribution in [2.24, 2.45) is 0 Å². The molecule has 0 spiro atoms. The number of benzene rings is 3. The zero-order valence-corrected chi connectivity index (χ0v) is 13.5. The van der Waals surface area contributed by atoms with Gasteiger partial charge in [0.25, 0.3) is 5.24 Å². The van der Waals surface area contributed by atoms with Crippen LogP contribution in [0.15, 0.2) is 72.8 Å². The predicted octanol–water partition coefficient (Wildman–Crippen LogP) is 4.55. The van der Waals surface area contributed by atoms with E-state index in [2.05, 4.69) is 0 Å². The molecule has 3 aromatic rings. The van der Waals surface area contributed by atoms with Gasteiger partial charge in [-0.15, -0.1) is 0 Å². The van der Waals surface area contributed by atoms with Crippen molar-refractivity contribution in [2.45, 2.75) is 0 Å². The first-order chi connectivity index (χ1) is 11.6. The molecule has 3 rings (SSSR count). The molecular weight excluding hydrogens is 322 g/mol. The summed E-state index contributed by atoms with van der Waals surface area (Å²) < 4.78 is 0. The van der Waals surface area contributed by atoms with Gasteiger partial charge in [0.15, 0.2) is 5.78 Å². The molecular formula is C20H14ClNO2. The van der Waals surface area contributed by atoms with Gasteiger partial charge in [-0.1, -0.05) is 54.6 Å². The molecule has 0 aliphatic heterocycles. The Hall–Kier alpha value is -2.91. The second kappa shape index (κ2) is 6.69. The average Bonchev–Trinajstić information content (AvgIpc) is 2.61. The lowest BCUT2D eigenvalue weighted by atomic mass is 9.92. The molecule has 0 fully saturated rings. The molecule has 0 aliphatic carbocycles. The number of anilines is 1. The maximum absolute atomic E-state index is 13.1. The number of rotatable bonds is 4. The van der Waals surface area contributed by atoms with Crippen LogP contribution < -0.4 is 5.73 Å². The third-order valence-corrected chi connectivity index (χ3v) is 3.96. The third-order valence-electron chi connectivity index (χ3n) is 3.76. The van der Waals surface area contributed by atoms with E-state index in [9.17, 15) is 9.59 Å². The molecule has 0 radical (unpaired) electrons. The van der Waals surface area contributed by atoms with Crippen LogP contribution in [0.2, 0.25) is 0 Å². The molecule has 0 bridgehead atoms. The van der Waals surface area contributed by atoms with Crippen molar-refractivity contribution < 1.29 is 9.59 Å². The van der Waals surface area contributed by atoms with Gasteiger partial charge in [-0.3, -0.25) is 9.59 Å². The number of halogens is 1. The Morgan fingerprint density at radius 1 is 0.750 bits per heavy atom. The number of carbonyl (C=O) groups is 2. The zero-order valence-electron chi connectivity index (χ0n) is 12.7. The minimum atomic E-state index is -0.685. The van der Waals surface area contributed by atoms with Crippen molar-refractivity contribution in [3.8, 4) is 11.1 Å². The van der Waals surface area contributed by atoms with Crippen LogP contribution in [0.5, 0.6) is 0 Å². The van der Waals surface area contributed by atoms with Crippen LogP contribution in [-0.2, 0) is 0 Å². The average molecular weight is 336 g/mol. The van der Waals surface area contributed by atoms with E-state index in [1.165, 1.54) is 12.1 Å². The highest BCUT2D eigenvalue weighted by Crippen LogP contribution is 2.27. The molecule has 24 heavy (non-hydrogen) atoms. The monoisotopic (exact) mass is 335 g/mol. The van der Waals surface area contributed by atoms with Crippen LogP contribution in [0.4, 0.5) is 5.69 Å². The maximum Gasteiger partial charge on any atom is 0.253 e. The van der Waals surface area contributed by atoms with Crippen molar-refractivity contribution >= 4 is 28.3 Å². The van der Waals surface area contributed by atoms with Crippen molar-refractivity contribution in [1.29, 1.82) is 0 Å². The number of carbonyl (C=O) groups excluding carboxylic acids is 2. The summed E-state index contributed by atoms with van der Waals surface area (Å²) in [5.74, 6) is -0.286. The molecule has 0 unspecified atom stereocenters. The smallest absolute Gasteiger partial charge is 0.253 e. The fraction of sp³-hybridized carbons (Fsp3) is 0. The van der Waals surface area contributed by atoms with E-state index in [1.54, 1.807) is 18.2 Å². The van der Waals surface area contributed by atoms with Crippen molar-refractivity contribution in [2.75, 3.05) is 5.73 Å². The quantitative estimate of drug-likeness (QED) is 0.432. The predicted molar refractivity (Wildman–Crippen MR) is 96.3 cm³/mol. The SMILES string of the molecule is Nc1ccc(C(=O)Cl)c(C(=O)c2ccccc2-c2ccccc2)c1. The van der Waals surface area contributed by atoms with Crippen molar-refractivity contribution in [1.82, 2.24) is 0 Å². The van der Waals surface area contributed by atoms with Gasteiger partial charge in [-0.25, -0.2) is 0 Å². The molecule has 4 heteroatoms. The highest BCUT2D eigenvalue weighted by Gasteiger charge is 2.20. The molecule has 0 aliphatic rings. The minimum absolute atomic E-state index is 0.152. The van der Waals surface area contributed by atoms with E-state index < -0.39 is 5.24 Å². The Bertz CT molecular complexity index is 920. The zero-order chi connectivity index (χ0) is 17.1. The van der Waals surface area contributed by atoms with Gasteiger partial charge >= 0.3 is 0 Å². The van der Waals surface area contributed by atoms with E-state index in [0.717, 1.165) is 11.1 Å². The molecule has 3 nitrogen and oxygen atoms in total. The summed E-state index contributed by atoms with van der Waals surface area (Å²) in [6, 6.07) is 21.4. The lowest BCUT2D eigenvalue weighted by molar-refractivity contribution is 0.102. The van der Waals surface area contributed by atoms with Gasteiger partial charge in [0.2, 0.25) is 0 Å². The molecule has 2 N–H and O–H groups in total. The first-order valence-corrected chi connectivity index (χ1v) is 7.74. The van der Waals surface area contributed by atoms with E-state index in [1.807, 2.05) is 42.5 Å². The lowest BCUT2D eigenvalue weighted by Gasteiger charge is -2.11. The van der Waals surface area contributed by atoms with Crippen LogP contribution in [0, 0.1) is 0 Å². The highest BCUT2D eigenvalue weighted by molar-refractivity contribution is 6.68. The van der Waals surface area contributed by atoms with Crippen LogP contribution >= 0.6 is 11.6 Å². The number of ketones is 1. The molecule has 0 heterocycles. The van der Waals surface area contributed by atoms with Gasteiger partial charge in [0.05, 0.1) is 0 Å². The molecule has 0 saturated carbocycles. The van der Waals surface area contributed by atoms with E-state index in [4.69, 9.17) is 17.3 Å². The summed E-state index contributed by atoms with van der Waals surface area (Å²) in [5, 5.41) is -0.685. The van der Waals surface area contributed by atoms with Crippen LogP contribution in [0.1, 0.15) is 26.3 Å². The van der Waals surface area contributed by atoms with Gasteiger partial charge in [0, 0.05) is 22.4 Å². The summed E-state index contributed by atoms with van der Waals surface area (Å²) in [6.07, 6.45) is 0. The van der Waals surface area contributed by atoms with Crippen molar-refractivity contribution in [3.05, 3.63) is 89.5 Å². The summed E-state index contributed by atoms with van der Waals surface area (Å²) in [5.41, 5.74) is 8.75. The highest BCUT2D eigenvalue weighted by atomic mass is 35.5. The number of nitrogen functional groups attached to an aromatic ring is 1. The topological polar surface area (TPSA) is 60.2 Å². The number of hydrogen-bond donors (Lipinski definition) is 1. The molecule has 118 valence electrons. The minimum Gasteiger partial charge on any atom is -0.399 e. The standard InChI is InChI=1S/C20H14ClNO2/c21-20(24)17-11-10-14(22)12-18(17)19(23)16-9-5-4-8-15(16)13-6-2-1-3-7-13/h1-12H,22H2. The second-order valence-corrected chi connectivity index (χ2v) is 5.66. The number of hydrogen-bond acceptors (Lipinski definition) is 3. The van der Waals surface area contributed by atoms with Crippen LogP contribution in [0.25, 0.3) is 11.1 Å². The normalized spacial score (nSPS) is 10.4. The summed E-state index contributed by atoms with van der Waals surface area (Å²) in [6.45, 7) is 0. The first-order valence-electron chi connectivity index (χ1n) is 7.36. The molecule has 0 amide bonds.